The second-order valence-corrected chi connectivity index (χ2v) is 5.23. The number of aliphatic hydroxyl groups is 1. The maximum atomic E-state index is 11.9. The van der Waals surface area contributed by atoms with Crippen LogP contribution >= 0.6 is 0 Å². The van der Waals surface area contributed by atoms with Gasteiger partial charge in [-0.05, 0) is 25.2 Å². The third-order valence-electron chi connectivity index (χ3n) is 3.98. The van der Waals surface area contributed by atoms with Crippen LogP contribution in [0, 0.1) is 11.8 Å². The van der Waals surface area contributed by atoms with Gasteiger partial charge in [0.15, 0.2) is 0 Å². The predicted molar refractivity (Wildman–Crippen MR) is 64.5 cm³/mol. The summed E-state index contributed by atoms with van der Waals surface area (Å²) in [7, 11) is 0. The molecule has 3 unspecified atom stereocenters. The average molecular weight is 241 g/mol. The normalized spacial score (nSPS) is 31.9. The minimum atomic E-state index is -0.186. The van der Waals surface area contributed by atoms with E-state index >= 15 is 0 Å². The molecule has 0 aromatic rings. The lowest BCUT2D eigenvalue weighted by Gasteiger charge is -2.18. The van der Waals surface area contributed by atoms with Crippen molar-refractivity contribution in [2.45, 2.75) is 38.7 Å². The van der Waals surface area contributed by atoms with Crippen molar-refractivity contribution >= 4 is 5.91 Å². The number of rotatable bonds is 5. The minimum Gasteiger partial charge on any atom is -0.393 e. The second kappa shape index (κ2) is 5.83. The van der Waals surface area contributed by atoms with E-state index in [4.69, 9.17) is 4.74 Å². The number of carbonyl (C=O) groups is 1. The van der Waals surface area contributed by atoms with Crippen LogP contribution in [-0.2, 0) is 9.53 Å². The van der Waals surface area contributed by atoms with E-state index in [-0.39, 0.29) is 12.0 Å². The van der Waals surface area contributed by atoms with Crippen molar-refractivity contribution in [3.63, 3.8) is 0 Å². The Morgan fingerprint density at radius 3 is 2.88 bits per heavy atom. The van der Waals surface area contributed by atoms with Crippen LogP contribution in [0.25, 0.3) is 0 Å². The van der Waals surface area contributed by atoms with Gasteiger partial charge in [0.05, 0.1) is 19.1 Å². The van der Waals surface area contributed by atoms with E-state index in [1.807, 2.05) is 4.90 Å². The van der Waals surface area contributed by atoms with Crippen LogP contribution in [0.5, 0.6) is 0 Å². The molecule has 1 saturated heterocycles. The fraction of sp³-hybridized carbons (Fsp3) is 0.923. The summed E-state index contributed by atoms with van der Waals surface area (Å²) in [5.41, 5.74) is 0. The molecule has 4 nitrogen and oxygen atoms in total. The molecule has 1 aliphatic carbocycles. The number of fused-ring (bicyclic) bond motifs is 1. The molecule has 3 atom stereocenters. The lowest BCUT2D eigenvalue weighted by Crippen LogP contribution is -2.31. The summed E-state index contributed by atoms with van der Waals surface area (Å²) in [5.74, 6) is 1.05. The Balaban J connectivity index is 1.71. The first-order valence-electron chi connectivity index (χ1n) is 6.76. The number of ether oxygens (including phenoxy) is 1. The van der Waals surface area contributed by atoms with Gasteiger partial charge in [0.25, 0.3) is 0 Å². The maximum absolute atomic E-state index is 11.9. The van der Waals surface area contributed by atoms with Crippen LogP contribution in [0.1, 0.15) is 32.6 Å². The molecule has 17 heavy (non-hydrogen) atoms. The van der Waals surface area contributed by atoms with Gasteiger partial charge >= 0.3 is 0 Å². The van der Waals surface area contributed by atoms with Gasteiger partial charge in [0, 0.05) is 25.6 Å². The predicted octanol–water partition coefficient (Wildman–Crippen LogP) is 1.03. The van der Waals surface area contributed by atoms with Gasteiger partial charge in [-0.3, -0.25) is 4.79 Å². The number of hydrogen-bond donors (Lipinski definition) is 1. The zero-order valence-corrected chi connectivity index (χ0v) is 10.6. The molecule has 0 aromatic heterocycles. The van der Waals surface area contributed by atoms with Crippen molar-refractivity contribution in [3.05, 3.63) is 0 Å². The summed E-state index contributed by atoms with van der Waals surface area (Å²) >= 11 is 0. The molecule has 0 aromatic carbocycles. The number of nitrogens with zero attached hydrogens (tertiary/aromatic N) is 1. The van der Waals surface area contributed by atoms with Gasteiger partial charge in [0.1, 0.15) is 0 Å². The highest BCUT2D eigenvalue weighted by molar-refractivity contribution is 5.76. The summed E-state index contributed by atoms with van der Waals surface area (Å²) in [4.78, 5) is 13.8. The second-order valence-electron chi connectivity index (χ2n) is 5.23. The fourth-order valence-corrected chi connectivity index (χ4v) is 3.00. The van der Waals surface area contributed by atoms with Crippen molar-refractivity contribution in [1.82, 2.24) is 4.90 Å². The average Bonchev–Trinajstić information content (AvgIpc) is 2.87. The van der Waals surface area contributed by atoms with Crippen LogP contribution in [0.2, 0.25) is 0 Å². The van der Waals surface area contributed by atoms with E-state index in [0.29, 0.717) is 24.9 Å². The molecule has 2 aliphatic rings. The molecular formula is C13H23NO3. The van der Waals surface area contributed by atoms with Gasteiger partial charge in [-0.2, -0.15) is 0 Å². The first kappa shape index (κ1) is 12.8. The Bertz CT molecular complexity index is 269. The molecule has 0 spiro atoms. The van der Waals surface area contributed by atoms with Crippen molar-refractivity contribution < 1.29 is 14.6 Å². The molecule has 98 valence electrons. The molecule has 1 aliphatic heterocycles. The number of amides is 1. The Morgan fingerprint density at radius 1 is 1.35 bits per heavy atom. The first-order valence-corrected chi connectivity index (χ1v) is 6.76. The number of carbonyl (C=O) groups excluding carboxylic acids is 1. The van der Waals surface area contributed by atoms with E-state index in [1.165, 1.54) is 0 Å². The molecule has 1 N–H and O–H groups in total. The van der Waals surface area contributed by atoms with Gasteiger partial charge < -0.3 is 14.7 Å². The third kappa shape index (κ3) is 2.99. The molecule has 1 saturated carbocycles. The minimum absolute atomic E-state index is 0.183. The standard InChI is InChI=1S/C13H23NO3/c1-2-6-17-7-5-13(16)14-8-10-3-4-12(15)11(10)9-14/h10-12,15H,2-9H2,1H3. The molecule has 1 heterocycles. The van der Waals surface area contributed by atoms with Crippen molar-refractivity contribution in [3.8, 4) is 0 Å². The molecular weight excluding hydrogens is 218 g/mol. The van der Waals surface area contributed by atoms with Crippen molar-refractivity contribution in [2.24, 2.45) is 11.8 Å². The molecule has 1 amide bonds. The fourth-order valence-electron chi connectivity index (χ4n) is 3.00. The van der Waals surface area contributed by atoms with Crippen LogP contribution in [-0.4, -0.2) is 48.3 Å². The Morgan fingerprint density at radius 2 is 2.18 bits per heavy atom. The summed E-state index contributed by atoms with van der Waals surface area (Å²) in [6.07, 6.45) is 3.28. The smallest absolute Gasteiger partial charge is 0.224 e. The van der Waals surface area contributed by atoms with Crippen LogP contribution in [0.15, 0.2) is 0 Å². The van der Waals surface area contributed by atoms with Crippen LogP contribution < -0.4 is 0 Å². The molecule has 0 bridgehead atoms. The number of likely N-dealkylation sites (tertiary alicyclic amines) is 1. The summed E-state index contributed by atoms with van der Waals surface area (Å²) in [5, 5.41) is 9.78. The zero-order valence-electron chi connectivity index (χ0n) is 10.6. The van der Waals surface area contributed by atoms with E-state index in [1.54, 1.807) is 0 Å². The van der Waals surface area contributed by atoms with Crippen LogP contribution in [0.3, 0.4) is 0 Å². The highest BCUT2D eigenvalue weighted by Gasteiger charge is 2.42. The molecule has 2 fully saturated rings. The van der Waals surface area contributed by atoms with Crippen LogP contribution in [0.4, 0.5) is 0 Å². The number of hydrogen-bond acceptors (Lipinski definition) is 3. The zero-order chi connectivity index (χ0) is 12.3. The summed E-state index contributed by atoms with van der Waals surface area (Å²) in [6.45, 7) is 4.91. The Kier molecular flexibility index (Phi) is 4.40. The van der Waals surface area contributed by atoms with Gasteiger partial charge in [-0.15, -0.1) is 0 Å². The third-order valence-corrected chi connectivity index (χ3v) is 3.98. The Hall–Kier alpha value is -0.610. The largest absolute Gasteiger partial charge is 0.393 e. The summed E-state index contributed by atoms with van der Waals surface area (Å²) in [6, 6.07) is 0. The first-order chi connectivity index (χ1) is 8.22. The van der Waals surface area contributed by atoms with E-state index in [0.717, 1.165) is 39.0 Å². The molecule has 4 heteroatoms. The van der Waals surface area contributed by atoms with Crippen molar-refractivity contribution in [2.75, 3.05) is 26.3 Å². The SMILES string of the molecule is CCCOCCC(=O)N1CC2CCC(O)C2C1. The lowest BCUT2D eigenvalue weighted by atomic mass is 10.00. The Labute approximate surface area is 103 Å². The molecule has 2 rings (SSSR count). The summed E-state index contributed by atoms with van der Waals surface area (Å²) < 4.78 is 5.33. The van der Waals surface area contributed by atoms with Gasteiger partial charge in [0.2, 0.25) is 5.91 Å². The van der Waals surface area contributed by atoms with Crippen molar-refractivity contribution in [1.29, 1.82) is 0 Å². The topological polar surface area (TPSA) is 49.8 Å². The molecule has 0 radical (unpaired) electrons. The quantitative estimate of drug-likeness (QED) is 0.731. The van der Waals surface area contributed by atoms with E-state index < -0.39 is 0 Å². The van der Waals surface area contributed by atoms with E-state index in [2.05, 4.69) is 6.92 Å². The highest BCUT2D eigenvalue weighted by atomic mass is 16.5. The lowest BCUT2D eigenvalue weighted by molar-refractivity contribution is -0.131. The van der Waals surface area contributed by atoms with Gasteiger partial charge in [-0.1, -0.05) is 6.92 Å². The maximum Gasteiger partial charge on any atom is 0.224 e. The van der Waals surface area contributed by atoms with E-state index in [9.17, 15) is 9.90 Å². The number of aliphatic hydroxyl groups excluding tert-OH is 1. The monoisotopic (exact) mass is 241 g/mol. The van der Waals surface area contributed by atoms with Gasteiger partial charge in [-0.25, -0.2) is 0 Å². The highest BCUT2D eigenvalue weighted by Crippen LogP contribution is 2.38.